The van der Waals surface area contributed by atoms with Gasteiger partial charge in [0.25, 0.3) is 0 Å². The zero-order valence-electron chi connectivity index (χ0n) is 10.6. The summed E-state index contributed by atoms with van der Waals surface area (Å²) in [6, 6.07) is 8.22. The van der Waals surface area contributed by atoms with Crippen molar-refractivity contribution in [1.29, 1.82) is 0 Å². The smallest absolute Gasteiger partial charge is 0.119 e. The van der Waals surface area contributed by atoms with E-state index in [1.807, 2.05) is 19.2 Å². The van der Waals surface area contributed by atoms with Crippen LogP contribution in [0.1, 0.15) is 19.4 Å². The van der Waals surface area contributed by atoms with Crippen LogP contribution in [0.2, 0.25) is 0 Å². The zero-order valence-corrected chi connectivity index (χ0v) is 10.6. The van der Waals surface area contributed by atoms with Crippen LogP contribution in [-0.2, 0) is 0 Å². The molecule has 0 aromatic heterocycles. The molecule has 0 saturated heterocycles. The van der Waals surface area contributed by atoms with Crippen LogP contribution in [0.3, 0.4) is 0 Å². The third kappa shape index (κ3) is 3.11. The molecule has 0 aliphatic carbocycles. The van der Waals surface area contributed by atoms with E-state index in [2.05, 4.69) is 37.4 Å². The Bertz CT molecular complexity index is 358. The lowest BCUT2D eigenvalue weighted by Crippen LogP contribution is -2.17. The first-order valence-electron chi connectivity index (χ1n) is 5.68. The van der Waals surface area contributed by atoms with Crippen LogP contribution < -0.4 is 10.1 Å². The maximum atomic E-state index is 5.25. The van der Waals surface area contributed by atoms with Crippen molar-refractivity contribution < 1.29 is 4.74 Å². The largest absolute Gasteiger partial charge is 0.497 e. The Kier molecular flexibility index (Phi) is 5.06. The Morgan fingerprint density at radius 1 is 1.50 bits per heavy atom. The molecule has 1 atom stereocenters. The van der Waals surface area contributed by atoms with Crippen molar-refractivity contribution in [2.24, 2.45) is 5.92 Å². The van der Waals surface area contributed by atoms with Crippen LogP contribution >= 0.6 is 0 Å². The number of nitrogens with one attached hydrogen (secondary N) is 1. The highest BCUT2D eigenvalue weighted by Crippen LogP contribution is 2.25. The summed E-state index contributed by atoms with van der Waals surface area (Å²) >= 11 is 0. The van der Waals surface area contributed by atoms with Crippen molar-refractivity contribution in [1.82, 2.24) is 5.32 Å². The van der Waals surface area contributed by atoms with Crippen LogP contribution in [-0.4, -0.2) is 20.7 Å². The average molecular weight is 219 g/mol. The van der Waals surface area contributed by atoms with Crippen LogP contribution in [0.25, 0.3) is 5.57 Å². The predicted octanol–water partition coefficient (Wildman–Crippen LogP) is 2.95. The Hall–Kier alpha value is -1.28. The molecule has 2 heteroatoms. The first-order chi connectivity index (χ1) is 7.72. The monoisotopic (exact) mass is 219 g/mol. The predicted molar refractivity (Wildman–Crippen MR) is 69.7 cm³/mol. The molecule has 0 spiro atoms. The van der Waals surface area contributed by atoms with Gasteiger partial charge in [-0.25, -0.2) is 0 Å². The number of methoxy groups -OCH3 is 1. The van der Waals surface area contributed by atoms with Gasteiger partial charge in [-0.15, -0.1) is 0 Å². The van der Waals surface area contributed by atoms with Crippen molar-refractivity contribution in [2.45, 2.75) is 13.8 Å². The molecule has 0 aliphatic rings. The zero-order chi connectivity index (χ0) is 12.0. The van der Waals surface area contributed by atoms with E-state index in [0.29, 0.717) is 5.92 Å². The van der Waals surface area contributed by atoms with Gasteiger partial charge in [0.05, 0.1) is 7.11 Å². The first kappa shape index (κ1) is 12.8. The molecule has 0 saturated carbocycles. The molecular formula is C14H21NO. The summed E-state index contributed by atoms with van der Waals surface area (Å²) in [6.07, 6.45) is 2.18. The number of ether oxygens (including phenoxy) is 1. The van der Waals surface area contributed by atoms with E-state index in [0.717, 1.165) is 12.3 Å². The van der Waals surface area contributed by atoms with Crippen LogP contribution in [0.15, 0.2) is 30.3 Å². The Labute approximate surface area is 98.3 Å². The second-order valence-electron chi connectivity index (χ2n) is 3.93. The van der Waals surface area contributed by atoms with Gasteiger partial charge in [-0.2, -0.15) is 0 Å². The summed E-state index contributed by atoms with van der Waals surface area (Å²) in [5.74, 6) is 1.41. The number of hydrogen-bond donors (Lipinski definition) is 1. The standard InChI is InChI=1S/C14H21NO/c1-5-14(11(2)10-15-3)12-7-6-8-13(9-12)16-4/h5-9,11,15H,10H2,1-4H3/t11-/m0/s1. The maximum absolute atomic E-state index is 5.25. The molecule has 0 bridgehead atoms. The molecule has 0 amide bonds. The van der Waals surface area contributed by atoms with Crippen molar-refractivity contribution in [2.75, 3.05) is 20.7 Å². The Morgan fingerprint density at radius 3 is 2.81 bits per heavy atom. The summed E-state index contributed by atoms with van der Waals surface area (Å²) in [6.45, 7) is 5.29. The molecular weight excluding hydrogens is 198 g/mol. The molecule has 1 rings (SSSR count). The molecule has 1 aromatic carbocycles. The Morgan fingerprint density at radius 2 is 2.25 bits per heavy atom. The lowest BCUT2D eigenvalue weighted by atomic mass is 9.93. The molecule has 2 nitrogen and oxygen atoms in total. The minimum Gasteiger partial charge on any atom is -0.497 e. The number of allylic oxidation sites excluding steroid dienone is 1. The summed E-state index contributed by atoms with van der Waals surface area (Å²) in [7, 11) is 3.68. The second-order valence-corrected chi connectivity index (χ2v) is 3.93. The SMILES string of the molecule is CC=C(c1cccc(OC)c1)[C@@H](C)CNC. The van der Waals surface area contributed by atoms with Crippen LogP contribution in [0.5, 0.6) is 5.75 Å². The summed E-state index contributed by atoms with van der Waals surface area (Å²) in [5.41, 5.74) is 2.60. The van der Waals surface area contributed by atoms with Gasteiger partial charge in [-0.1, -0.05) is 25.1 Å². The van der Waals surface area contributed by atoms with Gasteiger partial charge in [0.1, 0.15) is 5.75 Å². The molecule has 0 aliphatic heterocycles. The quantitative estimate of drug-likeness (QED) is 0.822. The highest BCUT2D eigenvalue weighted by atomic mass is 16.5. The average Bonchev–Trinajstić information content (AvgIpc) is 2.31. The van der Waals surface area contributed by atoms with Gasteiger partial charge < -0.3 is 10.1 Å². The number of rotatable bonds is 5. The third-order valence-electron chi connectivity index (χ3n) is 2.76. The third-order valence-corrected chi connectivity index (χ3v) is 2.76. The molecule has 0 unspecified atom stereocenters. The van der Waals surface area contributed by atoms with Gasteiger partial charge in [0.2, 0.25) is 0 Å². The molecule has 0 radical (unpaired) electrons. The normalized spacial score (nSPS) is 13.6. The lowest BCUT2D eigenvalue weighted by Gasteiger charge is -2.16. The van der Waals surface area contributed by atoms with Gasteiger partial charge in [0, 0.05) is 6.54 Å². The van der Waals surface area contributed by atoms with Crippen molar-refractivity contribution in [3.63, 3.8) is 0 Å². The fourth-order valence-corrected chi connectivity index (χ4v) is 1.95. The van der Waals surface area contributed by atoms with Crippen LogP contribution in [0.4, 0.5) is 0 Å². The first-order valence-corrected chi connectivity index (χ1v) is 5.68. The minimum absolute atomic E-state index is 0.502. The fourth-order valence-electron chi connectivity index (χ4n) is 1.95. The summed E-state index contributed by atoms with van der Waals surface area (Å²) < 4.78 is 5.25. The maximum Gasteiger partial charge on any atom is 0.119 e. The van der Waals surface area contributed by atoms with Gasteiger partial charge in [-0.3, -0.25) is 0 Å². The Balaban J connectivity index is 2.95. The lowest BCUT2D eigenvalue weighted by molar-refractivity contribution is 0.414. The topological polar surface area (TPSA) is 21.3 Å². The van der Waals surface area contributed by atoms with Crippen molar-refractivity contribution in [3.8, 4) is 5.75 Å². The van der Waals surface area contributed by atoms with E-state index in [1.54, 1.807) is 7.11 Å². The summed E-state index contributed by atoms with van der Waals surface area (Å²) in [5, 5.41) is 3.21. The van der Waals surface area contributed by atoms with Crippen molar-refractivity contribution >= 4 is 5.57 Å². The highest BCUT2D eigenvalue weighted by Gasteiger charge is 2.09. The fraction of sp³-hybridized carbons (Fsp3) is 0.429. The molecule has 16 heavy (non-hydrogen) atoms. The minimum atomic E-state index is 0.502. The molecule has 88 valence electrons. The van der Waals surface area contributed by atoms with Gasteiger partial charge >= 0.3 is 0 Å². The van der Waals surface area contributed by atoms with E-state index < -0.39 is 0 Å². The van der Waals surface area contributed by atoms with Crippen LogP contribution in [0, 0.1) is 5.92 Å². The summed E-state index contributed by atoms with van der Waals surface area (Å²) in [4.78, 5) is 0. The highest BCUT2D eigenvalue weighted by molar-refractivity contribution is 5.68. The number of hydrogen-bond acceptors (Lipinski definition) is 2. The molecule has 0 heterocycles. The van der Waals surface area contributed by atoms with Gasteiger partial charge in [0.15, 0.2) is 0 Å². The van der Waals surface area contributed by atoms with E-state index in [9.17, 15) is 0 Å². The van der Waals surface area contributed by atoms with Crippen molar-refractivity contribution in [3.05, 3.63) is 35.9 Å². The van der Waals surface area contributed by atoms with E-state index >= 15 is 0 Å². The second kappa shape index (κ2) is 6.33. The van der Waals surface area contributed by atoms with E-state index in [1.165, 1.54) is 11.1 Å². The molecule has 0 fully saturated rings. The molecule has 1 aromatic rings. The number of benzene rings is 1. The van der Waals surface area contributed by atoms with E-state index in [-0.39, 0.29) is 0 Å². The van der Waals surface area contributed by atoms with E-state index in [4.69, 9.17) is 4.74 Å². The molecule has 1 N–H and O–H groups in total. The van der Waals surface area contributed by atoms with Gasteiger partial charge in [-0.05, 0) is 43.2 Å².